The lowest BCUT2D eigenvalue weighted by Crippen LogP contribution is -2.54. The summed E-state index contributed by atoms with van der Waals surface area (Å²) in [5.41, 5.74) is 1.91. The molecule has 130 valence electrons. The average molecular weight is 367 g/mol. The van der Waals surface area contributed by atoms with Gasteiger partial charge in [-0.15, -0.1) is 0 Å². The number of amides is 4. The molecular formula is C20H15ClN2O3. The largest absolute Gasteiger partial charge is 0.335 e. The summed E-state index contributed by atoms with van der Waals surface area (Å²) in [6, 6.07) is 13.5. The number of anilines is 1. The van der Waals surface area contributed by atoms with Crippen LogP contribution in [-0.2, 0) is 9.59 Å². The van der Waals surface area contributed by atoms with Crippen LogP contribution >= 0.6 is 11.6 Å². The molecule has 0 spiro atoms. The molecule has 0 radical (unpaired) electrons. The van der Waals surface area contributed by atoms with E-state index in [0.29, 0.717) is 10.7 Å². The highest BCUT2D eigenvalue weighted by molar-refractivity contribution is 6.38. The van der Waals surface area contributed by atoms with Crippen LogP contribution in [0.5, 0.6) is 0 Å². The summed E-state index contributed by atoms with van der Waals surface area (Å²) in [5.74, 6) is -1.43. The van der Waals surface area contributed by atoms with E-state index in [9.17, 15) is 14.4 Å². The molecule has 0 aliphatic carbocycles. The molecule has 6 heteroatoms. The SMILES string of the molecule is Cc1ccc(N2C(=O)NC(=O)/C(=C/C=C/c3ccccc3)C2=O)cc1Cl. The van der Waals surface area contributed by atoms with Gasteiger partial charge in [0.05, 0.1) is 5.69 Å². The monoisotopic (exact) mass is 366 g/mol. The van der Waals surface area contributed by atoms with Gasteiger partial charge in [0.1, 0.15) is 5.57 Å². The smallest absolute Gasteiger partial charge is 0.273 e. The van der Waals surface area contributed by atoms with Crippen LogP contribution < -0.4 is 10.2 Å². The van der Waals surface area contributed by atoms with E-state index in [2.05, 4.69) is 5.32 Å². The molecule has 3 rings (SSSR count). The standard InChI is InChI=1S/C20H15ClN2O3/c1-13-10-11-15(12-17(13)21)23-19(25)16(18(24)22-20(23)26)9-5-8-14-6-3-2-4-7-14/h2-12H,1H3,(H,22,24,26)/b8-5+,16-9-. The van der Waals surface area contributed by atoms with E-state index in [4.69, 9.17) is 11.6 Å². The van der Waals surface area contributed by atoms with E-state index in [1.54, 1.807) is 24.3 Å². The van der Waals surface area contributed by atoms with Crippen molar-refractivity contribution in [2.75, 3.05) is 4.90 Å². The predicted molar refractivity (Wildman–Crippen MR) is 101 cm³/mol. The van der Waals surface area contributed by atoms with Gasteiger partial charge in [-0.2, -0.15) is 0 Å². The number of rotatable bonds is 3. The lowest BCUT2D eigenvalue weighted by molar-refractivity contribution is -0.122. The summed E-state index contributed by atoms with van der Waals surface area (Å²) in [6.07, 6.45) is 4.75. The highest BCUT2D eigenvalue weighted by atomic mass is 35.5. The second kappa shape index (κ2) is 7.37. The first-order chi connectivity index (χ1) is 12.5. The number of aryl methyl sites for hydroxylation is 1. The molecule has 0 atom stereocenters. The Kier molecular flexibility index (Phi) is 5.00. The number of imide groups is 2. The number of allylic oxidation sites excluding steroid dienone is 2. The van der Waals surface area contributed by atoms with E-state index in [1.807, 2.05) is 37.3 Å². The second-order valence-electron chi connectivity index (χ2n) is 5.68. The van der Waals surface area contributed by atoms with Crippen molar-refractivity contribution in [2.24, 2.45) is 0 Å². The van der Waals surface area contributed by atoms with Gasteiger partial charge < -0.3 is 0 Å². The van der Waals surface area contributed by atoms with Gasteiger partial charge >= 0.3 is 6.03 Å². The van der Waals surface area contributed by atoms with Crippen molar-refractivity contribution in [3.63, 3.8) is 0 Å². The van der Waals surface area contributed by atoms with Crippen LogP contribution in [0.15, 0.2) is 66.3 Å². The summed E-state index contributed by atoms with van der Waals surface area (Å²) < 4.78 is 0. The molecule has 1 N–H and O–H groups in total. The number of hydrogen-bond acceptors (Lipinski definition) is 3. The maximum absolute atomic E-state index is 12.7. The Bertz CT molecular complexity index is 949. The maximum atomic E-state index is 12.7. The number of carbonyl (C=O) groups is 3. The Hall–Kier alpha value is -3.18. The summed E-state index contributed by atoms with van der Waals surface area (Å²) in [5, 5.41) is 2.60. The normalized spacial score (nSPS) is 16.5. The number of hydrogen-bond donors (Lipinski definition) is 1. The molecule has 1 heterocycles. The molecule has 5 nitrogen and oxygen atoms in total. The van der Waals surface area contributed by atoms with Crippen LogP contribution in [0, 0.1) is 6.92 Å². The molecule has 1 fully saturated rings. The van der Waals surface area contributed by atoms with Crippen molar-refractivity contribution in [3.05, 3.63) is 82.4 Å². The zero-order valence-corrected chi connectivity index (χ0v) is 14.7. The van der Waals surface area contributed by atoms with E-state index < -0.39 is 17.8 Å². The third-order valence-corrected chi connectivity index (χ3v) is 4.27. The van der Waals surface area contributed by atoms with E-state index >= 15 is 0 Å². The van der Waals surface area contributed by atoms with Crippen molar-refractivity contribution in [3.8, 4) is 0 Å². The number of benzene rings is 2. The number of nitrogens with one attached hydrogen (secondary N) is 1. The van der Waals surface area contributed by atoms with Crippen molar-refractivity contribution >= 4 is 41.2 Å². The Morgan fingerprint density at radius 2 is 1.77 bits per heavy atom. The van der Waals surface area contributed by atoms with Gasteiger partial charge in [0, 0.05) is 5.02 Å². The number of nitrogens with zero attached hydrogens (tertiary/aromatic N) is 1. The molecule has 1 aliphatic heterocycles. The Labute approximate surface area is 155 Å². The summed E-state index contributed by atoms with van der Waals surface area (Å²) in [7, 11) is 0. The minimum Gasteiger partial charge on any atom is -0.273 e. The quantitative estimate of drug-likeness (QED) is 0.662. The van der Waals surface area contributed by atoms with E-state index in [1.165, 1.54) is 12.1 Å². The summed E-state index contributed by atoms with van der Waals surface area (Å²) >= 11 is 6.08. The number of barbiturate groups is 1. The Morgan fingerprint density at radius 3 is 2.46 bits per heavy atom. The van der Waals surface area contributed by atoms with Crippen LogP contribution in [0.25, 0.3) is 6.08 Å². The topological polar surface area (TPSA) is 66.5 Å². The Balaban J connectivity index is 1.91. The zero-order valence-electron chi connectivity index (χ0n) is 13.9. The molecule has 1 saturated heterocycles. The van der Waals surface area contributed by atoms with Crippen molar-refractivity contribution < 1.29 is 14.4 Å². The molecule has 0 aromatic heterocycles. The van der Waals surface area contributed by atoms with Gasteiger partial charge in [0.15, 0.2) is 0 Å². The molecule has 2 aromatic carbocycles. The number of carbonyl (C=O) groups excluding carboxylic acids is 3. The minimum atomic E-state index is -0.802. The van der Waals surface area contributed by atoms with Crippen molar-refractivity contribution in [2.45, 2.75) is 6.92 Å². The predicted octanol–water partition coefficient (Wildman–Crippen LogP) is 3.87. The molecule has 0 bridgehead atoms. The summed E-state index contributed by atoms with van der Waals surface area (Å²) in [6.45, 7) is 1.81. The van der Waals surface area contributed by atoms with Crippen LogP contribution in [-0.4, -0.2) is 17.8 Å². The van der Waals surface area contributed by atoms with Crippen molar-refractivity contribution in [1.82, 2.24) is 5.32 Å². The van der Waals surface area contributed by atoms with E-state index in [-0.39, 0.29) is 5.57 Å². The summed E-state index contributed by atoms with van der Waals surface area (Å²) in [4.78, 5) is 37.8. The van der Waals surface area contributed by atoms with Gasteiger partial charge in [0.25, 0.3) is 11.8 Å². The lowest BCUT2D eigenvalue weighted by Gasteiger charge is -2.26. The van der Waals surface area contributed by atoms with Crippen LogP contribution in [0.2, 0.25) is 5.02 Å². The van der Waals surface area contributed by atoms with Gasteiger partial charge in [-0.05, 0) is 36.3 Å². The molecular weight excluding hydrogens is 352 g/mol. The molecule has 0 unspecified atom stereocenters. The zero-order chi connectivity index (χ0) is 18.7. The van der Waals surface area contributed by atoms with Gasteiger partial charge in [-0.1, -0.05) is 60.2 Å². The van der Waals surface area contributed by atoms with Crippen LogP contribution in [0.1, 0.15) is 11.1 Å². The fourth-order valence-corrected chi connectivity index (χ4v) is 2.63. The van der Waals surface area contributed by atoms with Gasteiger partial charge in [0.2, 0.25) is 0 Å². The van der Waals surface area contributed by atoms with Crippen LogP contribution in [0.3, 0.4) is 0 Å². The fraction of sp³-hybridized carbons (Fsp3) is 0.0500. The third kappa shape index (κ3) is 3.58. The molecule has 2 aromatic rings. The van der Waals surface area contributed by atoms with E-state index in [0.717, 1.165) is 16.0 Å². The third-order valence-electron chi connectivity index (χ3n) is 3.87. The second-order valence-corrected chi connectivity index (χ2v) is 6.09. The highest BCUT2D eigenvalue weighted by Crippen LogP contribution is 2.26. The average Bonchev–Trinajstić information content (AvgIpc) is 2.61. The highest BCUT2D eigenvalue weighted by Gasteiger charge is 2.36. The number of urea groups is 1. The fourth-order valence-electron chi connectivity index (χ4n) is 2.45. The maximum Gasteiger partial charge on any atom is 0.335 e. The first kappa shape index (κ1) is 17.6. The number of halogens is 1. The van der Waals surface area contributed by atoms with Gasteiger partial charge in [-0.3, -0.25) is 14.9 Å². The minimum absolute atomic E-state index is 0.131. The molecule has 4 amide bonds. The van der Waals surface area contributed by atoms with Crippen LogP contribution in [0.4, 0.5) is 10.5 Å². The Morgan fingerprint density at radius 1 is 1.04 bits per heavy atom. The van der Waals surface area contributed by atoms with Crippen molar-refractivity contribution in [1.29, 1.82) is 0 Å². The molecule has 0 saturated carbocycles. The molecule has 26 heavy (non-hydrogen) atoms. The first-order valence-electron chi connectivity index (χ1n) is 7.86. The first-order valence-corrected chi connectivity index (χ1v) is 8.24. The van der Waals surface area contributed by atoms with Gasteiger partial charge in [-0.25, -0.2) is 9.69 Å². The molecule has 1 aliphatic rings. The lowest BCUT2D eigenvalue weighted by atomic mass is 10.1.